The molecule has 2 aromatic rings. The Kier molecular flexibility index (Phi) is 9.06. The molecule has 1 amide bonds. The van der Waals surface area contributed by atoms with Crippen LogP contribution < -0.4 is 25.4 Å². The summed E-state index contributed by atoms with van der Waals surface area (Å²) in [5, 5.41) is 6.62. The van der Waals surface area contributed by atoms with Gasteiger partial charge in [-0.05, 0) is 48.1 Å². The van der Waals surface area contributed by atoms with E-state index in [4.69, 9.17) is 20.1 Å². The first-order chi connectivity index (χ1) is 16.0. The highest BCUT2D eigenvalue weighted by molar-refractivity contribution is 6.68. The molecule has 0 fully saturated rings. The van der Waals surface area contributed by atoms with Crippen LogP contribution >= 0.6 is 0 Å². The summed E-state index contributed by atoms with van der Waals surface area (Å²) in [5.41, 5.74) is 2.29. The van der Waals surface area contributed by atoms with Gasteiger partial charge in [-0.15, -0.1) is 0 Å². The largest absolute Gasteiger partial charge is 0.497 e. The van der Waals surface area contributed by atoms with Crippen LogP contribution in [0.25, 0.3) is 0 Å². The standard InChI is InChI=1S/C26H36N4O4/c1-16(2)15-34-23-11-9-18(26(4,5)6)13-20(23)29-25(31)24(30-27)17(3)28-21-14-19(32-7)10-12-22(21)33-8/h9-14,16H,15,27H2,1-8H3,(H,29,31)/b28-17?,30-24+. The van der Waals surface area contributed by atoms with Crippen LogP contribution in [0.1, 0.15) is 47.1 Å². The number of amides is 1. The molecule has 0 aliphatic rings. The Morgan fingerprint density at radius 1 is 1.06 bits per heavy atom. The molecule has 0 unspecified atom stereocenters. The SMILES string of the molecule is COc1ccc(OC)c(N=C(C)/C(=N\N)C(=O)Nc2cc(C(C)(C)C)ccc2OCC(C)C)c1. The smallest absolute Gasteiger partial charge is 0.278 e. The lowest BCUT2D eigenvalue weighted by Gasteiger charge is -2.22. The number of rotatable bonds is 9. The first-order valence-corrected chi connectivity index (χ1v) is 11.1. The van der Waals surface area contributed by atoms with Crippen molar-refractivity contribution < 1.29 is 19.0 Å². The van der Waals surface area contributed by atoms with Crippen LogP contribution in [0.2, 0.25) is 0 Å². The lowest BCUT2D eigenvalue weighted by molar-refractivity contribution is -0.110. The molecule has 0 aromatic heterocycles. The van der Waals surface area contributed by atoms with E-state index in [2.05, 4.69) is 50.0 Å². The van der Waals surface area contributed by atoms with E-state index in [0.717, 1.165) is 5.56 Å². The van der Waals surface area contributed by atoms with Crippen LogP contribution in [-0.2, 0) is 10.2 Å². The van der Waals surface area contributed by atoms with Crippen molar-refractivity contribution in [1.29, 1.82) is 0 Å². The van der Waals surface area contributed by atoms with Gasteiger partial charge in [-0.2, -0.15) is 5.10 Å². The van der Waals surface area contributed by atoms with E-state index in [9.17, 15) is 4.79 Å². The normalized spacial score (nSPS) is 12.5. The predicted octanol–water partition coefficient (Wildman–Crippen LogP) is 5.08. The zero-order valence-corrected chi connectivity index (χ0v) is 21.4. The number of carbonyl (C=O) groups excluding carboxylic acids is 1. The zero-order chi connectivity index (χ0) is 25.5. The Labute approximate surface area is 202 Å². The van der Waals surface area contributed by atoms with E-state index < -0.39 is 5.91 Å². The fraction of sp³-hybridized carbons (Fsp3) is 0.423. The minimum atomic E-state index is -0.494. The van der Waals surface area contributed by atoms with Crippen molar-refractivity contribution in [2.24, 2.45) is 21.9 Å². The Morgan fingerprint density at radius 2 is 1.74 bits per heavy atom. The molecule has 0 aliphatic heterocycles. The second-order valence-electron chi connectivity index (χ2n) is 9.33. The highest BCUT2D eigenvalue weighted by atomic mass is 16.5. The molecule has 8 heteroatoms. The molecule has 0 radical (unpaired) electrons. The van der Waals surface area contributed by atoms with Gasteiger partial charge >= 0.3 is 0 Å². The summed E-state index contributed by atoms with van der Waals surface area (Å²) < 4.78 is 16.6. The van der Waals surface area contributed by atoms with Gasteiger partial charge in [0.05, 0.1) is 32.2 Å². The monoisotopic (exact) mass is 468 g/mol. The lowest BCUT2D eigenvalue weighted by atomic mass is 9.87. The van der Waals surface area contributed by atoms with Crippen molar-refractivity contribution in [2.75, 3.05) is 26.1 Å². The number of ether oxygens (including phenoxy) is 3. The number of anilines is 1. The molecule has 8 nitrogen and oxygen atoms in total. The number of benzene rings is 2. The molecule has 2 aromatic carbocycles. The van der Waals surface area contributed by atoms with E-state index in [1.165, 1.54) is 0 Å². The third-order valence-electron chi connectivity index (χ3n) is 5.03. The number of hydrazone groups is 1. The molecule has 0 saturated heterocycles. The maximum atomic E-state index is 13.2. The number of aliphatic imine (C=N–C) groups is 1. The molecule has 0 aliphatic carbocycles. The molecule has 34 heavy (non-hydrogen) atoms. The Morgan fingerprint density at radius 3 is 2.29 bits per heavy atom. The first-order valence-electron chi connectivity index (χ1n) is 11.1. The average Bonchev–Trinajstić information content (AvgIpc) is 2.77. The minimum absolute atomic E-state index is 0.0131. The summed E-state index contributed by atoms with van der Waals surface area (Å²) in [5.74, 6) is 7.15. The molecular weight excluding hydrogens is 432 g/mol. The van der Waals surface area contributed by atoms with E-state index >= 15 is 0 Å². The van der Waals surface area contributed by atoms with Crippen LogP contribution in [-0.4, -0.2) is 38.2 Å². The summed E-state index contributed by atoms with van der Waals surface area (Å²) in [7, 11) is 3.11. The van der Waals surface area contributed by atoms with Crippen molar-refractivity contribution in [1.82, 2.24) is 0 Å². The topological polar surface area (TPSA) is 108 Å². The van der Waals surface area contributed by atoms with Gasteiger partial charge in [-0.3, -0.25) is 4.79 Å². The van der Waals surface area contributed by atoms with Crippen molar-refractivity contribution in [3.05, 3.63) is 42.0 Å². The van der Waals surface area contributed by atoms with Gasteiger partial charge in [0.1, 0.15) is 22.9 Å². The fourth-order valence-corrected chi connectivity index (χ4v) is 3.09. The van der Waals surface area contributed by atoms with Gasteiger partial charge < -0.3 is 25.4 Å². The number of nitrogens with one attached hydrogen (secondary N) is 1. The molecule has 0 atom stereocenters. The van der Waals surface area contributed by atoms with Crippen LogP contribution in [0.15, 0.2) is 46.5 Å². The van der Waals surface area contributed by atoms with Crippen molar-refractivity contribution in [3.8, 4) is 17.2 Å². The summed E-state index contributed by atoms with van der Waals surface area (Å²) in [6.45, 7) is 12.6. The zero-order valence-electron chi connectivity index (χ0n) is 21.4. The lowest BCUT2D eigenvalue weighted by Crippen LogP contribution is -2.30. The summed E-state index contributed by atoms with van der Waals surface area (Å²) in [6, 6.07) is 11.0. The highest BCUT2D eigenvalue weighted by Crippen LogP contribution is 2.33. The summed E-state index contributed by atoms with van der Waals surface area (Å²) in [6.07, 6.45) is 0. The third kappa shape index (κ3) is 6.97. The Hall–Kier alpha value is -3.55. The predicted molar refractivity (Wildman–Crippen MR) is 138 cm³/mol. The number of nitrogens with two attached hydrogens (primary N) is 1. The van der Waals surface area contributed by atoms with Crippen molar-refractivity contribution in [3.63, 3.8) is 0 Å². The van der Waals surface area contributed by atoms with E-state index in [0.29, 0.717) is 46.9 Å². The van der Waals surface area contributed by atoms with Gasteiger partial charge in [0, 0.05) is 6.07 Å². The van der Waals surface area contributed by atoms with Crippen molar-refractivity contribution >= 4 is 28.7 Å². The first kappa shape index (κ1) is 26.7. The van der Waals surface area contributed by atoms with Gasteiger partial charge in [-0.25, -0.2) is 4.99 Å². The van der Waals surface area contributed by atoms with E-state index in [-0.39, 0.29) is 11.1 Å². The summed E-state index contributed by atoms with van der Waals surface area (Å²) >= 11 is 0. The van der Waals surface area contributed by atoms with E-state index in [1.54, 1.807) is 39.3 Å². The number of nitrogens with zero attached hydrogens (tertiary/aromatic N) is 2. The van der Waals surface area contributed by atoms with Gasteiger partial charge in [-0.1, -0.05) is 40.7 Å². The highest BCUT2D eigenvalue weighted by Gasteiger charge is 2.21. The maximum Gasteiger partial charge on any atom is 0.278 e. The number of methoxy groups -OCH3 is 2. The Balaban J connectivity index is 2.40. The molecule has 0 spiro atoms. The minimum Gasteiger partial charge on any atom is -0.497 e. The van der Waals surface area contributed by atoms with Gasteiger partial charge in [0.15, 0.2) is 5.71 Å². The molecule has 3 N–H and O–H groups in total. The maximum absolute atomic E-state index is 13.2. The van der Waals surface area contributed by atoms with E-state index in [1.807, 2.05) is 18.2 Å². The molecule has 184 valence electrons. The molecular formula is C26H36N4O4. The van der Waals surface area contributed by atoms with Crippen LogP contribution in [0, 0.1) is 5.92 Å². The van der Waals surface area contributed by atoms with Gasteiger partial charge in [0.2, 0.25) is 0 Å². The average molecular weight is 469 g/mol. The van der Waals surface area contributed by atoms with Crippen LogP contribution in [0.5, 0.6) is 17.2 Å². The molecule has 2 rings (SSSR count). The Bertz CT molecular complexity index is 1070. The molecule has 0 saturated carbocycles. The molecule has 0 bridgehead atoms. The molecule has 0 heterocycles. The number of carbonyl (C=O) groups is 1. The fourth-order valence-electron chi connectivity index (χ4n) is 3.09. The third-order valence-corrected chi connectivity index (χ3v) is 5.03. The number of hydrogen-bond donors (Lipinski definition) is 2. The second-order valence-corrected chi connectivity index (χ2v) is 9.33. The quantitative estimate of drug-likeness (QED) is 0.303. The van der Waals surface area contributed by atoms with Crippen LogP contribution in [0.4, 0.5) is 11.4 Å². The van der Waals surface area contributed by atoms with Crippen molar-refractivity contribution in [2.45, 2.75) is 47.0 Å². The second kappa shape index (κ2) is 11.5. The number of hydrogen-bond acceptors (Lipinski definition) is 7. The summed E-state index contributed by atoms with van der Waals surface area (Å²) in [4.78, 5) is 17.7. The van der Waals surface area contributed by atoms with Gasteiger partial charge in [0.25, 0.3) is 5.91 Å². The van der Waals surface area contributed by atoms with Crippen LogP contribution in [0.3, 0.4) is 0 Å².